The van der Waals surface area contributed by atoms with Crippen molar-refractivity contribution in [1.29, 1.82) is 0 Å². The van der Waals surface area contributed by atoms with E-state index in [4.69, 9.17) is 14.6 Å². The van der Waals surface area contributed by atoms with E-state index in [0.717, 1.165) is 4.88 Å². The zero-order valence-corrected chi connectivity index (χ0v) is 17.6. The van der Waals surface area contributed by atoms with Gasteiger partial charge in [-0.25, -0.2) is 12.4 Å². The van der Waals surface area contributed by atoms with Gasteiger partial charge in [-0.15, -0.1) is 11.3 Å². The van der Waals surface area contributed by atoms with Crippen LogP contribution in [0.5, 0.6) is 11.5 Å². The first-order valence-corrected chi connectivity index (χ1v) is 10.7. The number of carboxylic acid groups (broad SMARTS) is 1. The highest BCUT2D eigenvalue weighted by Crippen LogP contribution is 2.37. The Balaban J connectivity index is 2.29. The summed E-state index contributed by atoms with van der Waals surface area (Å²) in [6.45, 7) is 3.63. The lowest BCUT2D eigenvalue weighted by atomic mass is 10.1. The fourth-order valence-corrected chi connectivity index (χ4v) is 6.11. The second-order valence-corrected chi connectivity index (χ2v) is 9.59. The highest BCUT2D eigenvalue weighted by atomic mass is 32.2. The molecule has 3 aromatic rings. The molecule has 2 heterocycles. The maximum Gasteiger partial charge on any atom is 0.303 e. The molecular weight excluding hydrogens is 402 g/mol. The molecule has 0 unspecified atom stereocenters. The van der Waals surface area contributed by atoms with Crippen LogP contribution in [-0.4, -0.2) is 37.7 Å². The number of nitrogens with zero attached hydrogens (tertiary/aromatic N) is 1. The predicted molar refractivity (Wildman–Crippen MR) is 107 cm³/mol. The fourth-order valence-electron chi connectivity index (χ4n) is 3.20. The molecule has 0 saturated carbocycles. The van der Waals surface area contributed by atoms with Gasteiger partial charge in [-0.05, 0) is 38.0 Å². The molecule has 0 spiro atoms. The lowest BCUT2D eigenvalue weighted by Crippen LogP contribution is -2.12. The van der Waals surface area contributed by atoms with Crippen molar-refractivity contribution in [2.45, 2.75) is 31.6 Å². The number of fused-ring (bicyclic) bond motifs is 1. The van der Waals surface area contributed by atoms with E-state index in [1.54, 1.807) is 25.1 Å². The topological polar surface area (TPSA) is 94.8 Å². The van der Waals surface area contributed by atoms with Crippen LogP contribution >= 0.6 is 11.3 Å². The molecule has 0 amide bonds. The first kappa shape index (κ1) is 20.2. The summed E-state index contributed by atoms with van der Waals surface area (Å²) in [6, 6.07) is 4.94. The Morgan fingerprint density at radius 2 is 1.79 bits per heavy atom. The SMILES string of the molecule is COc1cc2c(CCC(=O)O)cn(S(=O)(=O)c3cc(C)sc3C)c2cc1OC. The average Bonchev–Trinajstić information content (AvgIpc) is 3.18. The Bertz CT molecular complexity index is 1160. The zero-order valence-electron chi connectivity index (χ0n) is 16.0. The van der Waals surface area contributed by atoms with Crippen LogP contribution < -0.4 is 9.47 Å². The largest absolute Gasteiger partial charge is 0.493 e. The number of thiophene rings is 1. The summed E-state index contributed by atoms with van der Waals surface area (Å²) in [6.07, 6.45) is 1.59. The molecule has 2 aromatic heterocycles. The van der Waals surface area contributed by atoms with Gasteiger partial charge in [0.2, 0.25) is 0 Å². The standard InChI is InChI=1S/C19H21NO6S2/c1-11-7-18(12(2)27-11)28(23,24)20-10-13(5-6-19(21)22)14-8-16(25-3)17(26-4)9-15(14)20/h7-10H,5-6H2,1-4H3,(H,21,22). The van der Waals surface area contributed by atoms with Crippen LogP contribution in [0.4, 0.5) is 0 Å². The molecule has 1 aromatic carbocycles. The third-order valence-electron chi connectivity index (χ3n) is 4.50. The first-order chi connectivity index (χ1) is 13.2. The van der Waals surface area contributed by atoms with Crippen molar-refractivity contribution >= 4 is 38.2 Å². The van der Waals surface area contributed by atoms with E-state index in [9.17, 15) is 13.2 Å². The lowest BCUT2D eigenvalue weighted by molar-refractivity contribution is -0.136. The molecule has 0 aliphatic rings. The summed E-state index contributed by atoms with van der Waals surface area (Å²) in [5, 5.41) is 9.66. The summed E-state index contributed by atoms with van der Waals surface area (Å²) >= 11 is 1.42. The van der Waals surface area contributed by atoms with Gasteiger partial charge < -0.3 is 14.6 Å². The maximum absolute atomic E-state index is 13.4. The lowest BCUT2D eigenvalue weighted by Gasteiger charge is -2.10. The highest BCUT2D eigenvalue weighted by molar-refractivity contribution is 7.90. The van der Waals surface area contributed by atoms with Crippen LogP contribution in [0.1, 0.15) is 21.7 Å². The Morgan fingerprint density at radius 3 is 2.32 bits per heavy atom. The van der Waals surface area contributed by atoms with Crippen LogP contribution in [0, 0.1) is 13.8 Å². The number of aliphatic carboxylic acids is 1. The van der Waals surface area contributed by atoms with Gasteiger partial charge in [0.05, 0.1) is 19.7 Å². The number of rotatable bonds is 7. The monoisotopic (exact) mass is 423 g/mol. The third-order valence-corrected chi connectivity index (χ3v) is 7.39. The van der Waals surface area contributed by atoms with Crippen LogP contribution in [0.15, 0.2) is 29.3 Å². The Kier molecular flexibility index (Phi) is 5.40. The molecule has 150 valence electrons. The zero-order chi connectivity index (χ0) is 20.6. The number of aromatic nitrogens is 1. The Hall–Kier alpha value is -2.52. The van der Waals surface area contributed by atoms with Gasteiger partial charge in [-0.3, -0.25) is 4.79 Å². The van der Waals surface area contributed by atoms with Crippen molar-refractivity contribution in [3.8, 4) is 11.5 Å². The van der Waals surface area contributed by atoms with Crippen molar-refractivity contribution < 1.29 is 27.8 Å². The molecule has 0 fully saturated rings. The van der Waals surface area contributed by atoms with E-state index in [0.29, 0.717) is 32.8 Å². The van der Waals surface area contributed by atoms with Crippen molar-refractivity contribution in [3.05, 3.63) is 39.7 Å². The summed E-state index contributed by atoms with van der Waals surface area (Å²) in [4.78, 5) is 12.9. The highest BCUT2D eigenvalue weighted by Gasteiger charge is 2.26. The molecular formula is C19H21NO6S2. The van der Waals surface area contributed by atoms with E-state index in [2.05, 4.69) is 0 Å². The molecule has 0 radical (unpaired) electrons. The van der Waals surface area contributed by atoms with Crippen molar-refractivity contribution in [2.24, 2.45) is 0 Å². The number of hydrogen-bond donors (Lipinski definition) is 1. The number of hydrogen-bond acceptors (Lipinski definition) is 6. The summed E-state index contributed by atoms with van der Waals surface area (Å²) < 4.78 is 38.6. The van der Waals surface area contributed by atoms with Gasteiger partial charge in [0.1, 0.15) is 4.90 Å². The Morgan fingerprint density at radius 1 is 1.14 bits per heavy atom. The molecule has 0 saturated heterocycles. The summed E-state index contributed by atoms with van der Waals surface area (Å²) in [7, 11) is -0.887. The van der Waals surface area contributed by atoms with E-state index in [1.165, 1.54) is 35.7 Å². The van der Waals surface area contributed by atoms with Gasteiger partial charge in [-0.2, -0.15) is 0 Å². The van der Waals surface area contributed by atoms with E-state index in [1.807, 2.05) is 6.92 Å². The van der Waals surface area contributed by atoms with E-state index < -0.39 is 16.0 Å². The van der Waals surface area contributed by atoms with E-state index >= 15 is 0 Å². The van der Waals surface area contributed by atoms with Crippen LogP contribution in [0.2, 0.25) is 0 Å². The fraction of sp³-hybridized carbons (Fsp3) is 0.316. The first-order valence-electron chi connectivity index (χ1n) is 8.49. The number of methoxy groups -OCH3 is 2. The molecule has 0 bridgehead atoms. The maximum atomic E-state index is 13.4. The van der Waals surface area contributed by atoms with Gasteiger partial charge in [0.15, 0.2) is 11.5 Å². The van der Waals surface area contributed by atoms with Crippen molar-refractivity contribution in [1.82, 2.24) is 3.97 Å². The minimum Gasteiger partial charge on any atom is -0.493 e. The van der Waals surface area contributed by atoms with Crippen molar-refractivity contribution in [3.63, 3.8) is 0 Å². The van der Waals surface area contributed by atoms with Gasteiger partial charge in [-0.1, -0.05) is 0 Å². The molecule has 0 atom stereocenters. The molecule has 1 N–H and O–H groups in total. The van der Waals surface area contributed by atoms with Gasteiger partial charge in [0, 0.05) is 33.8 Å². The number of ether oxygens (including phenoxy) is 2. The van der Waals surface area contributed by atoms with Crippen LogP contribution in [-0.2, 0) is 21.2 Å². The van der Waals surface area contributed by atoms with Crippen molar-refractivity contribution in [2.75, 3.05) is 14.2 Å². The molecule has 0 aliphatic carbocycles. The van der Waals surface area contributed by atoms with E-state index in [-0.39, 0.29) is 17.7 Å². The second kappa shape index (κ2) is 7.48. The molecule has 7 nitrogen and oxygen atoms in total. The average molecular weight is 424 g/mol. The smallest absolute Gasteiger partial charge is 0.303 e. The normalized spacial score (nSPS) is 11.7. The Labute approximate surface area is 167 Å². The van der Waals surface area contributed by atoms with Gasteiger partial charge >= 0.3 is 5.97 Å². The number of benzene rings is 1. The van der Waals surface area contributed by atoms with Crippen LogP contribution in [0.25, 0.3) is 10.9 Å². The minimum absolute atomic E-state index is 0.107. The third kappa shape index (κ3) is 3.47. The quantitative estimate of drug-likeness (QED) is 0.624. The molecule has 0 aliphatic heterocycles. The minimum atomic E-state index is -3.85. The predicted octanol–water partition coefficient (Wildman–Crippen LogP) is 3.59. The molecule has 28 heavy (non-hydrogen) atoms. The second-order valence-electron chi connectivity index (χ2n) is 6.35. The number of carbonyl (C=O) groups is 1. The number of aryl methyl sites for hydroxylation is 3. The molecule has 9 heteroatoms. The van der Waals surface area contributed by atoms with Gasteiger partial charge in [0.25, 0.3) is 10.0 Å². The molecule has 3 rings (SSSR count). The summed E-state index contributed by atoms with van der Waals surface area (Å²) in [5.74, 6) is -0.106. The van der Waals surface area contributed by atoms with Crippen LogP contribution in [0.3, 0.4) is 0 Å². The number of carboxylic acids is 1. The summed E-state index contributed by atoms with van der Waals surface area (Å²) in [5.41, 5.74) is 1.04.